The van der Waals surface area contributed by atoms with E-state index < -0.39 is 12.2 Å². The Morgan fingerprint density at radius 3 is 2.15 bits per heavy atom. The maximum absolute atomic E-state index is 12.6. The molecule has 0 radical (unpaired) electrons. The molecule has 1 aliphatic rings. The number of nitrogens with one attached hydrogen (secondary N) is 1. The Kier molecular flexibility index (Phi) is 10.7. The quantitative estimate of drug-likeness (QED) is 0.573. The smallest absolute Gasteiger partial charge is 0.303 e. The molecule has 1 aliphatic heterocycles. The fourth-order valence-electron chi connectivity index (χ4n) is 2.85. The molecular formula is C15H29ClF3N. The van der Waals surface area contributed by atoms with Crippen LogP contribution in [-0.4, -0.2) is 18.3 Å². The van der Waals surface area contributed by atoms with Gasteiger partial charge in [0.1, 0.15) is 6.04 Å². The van der Waals surface area contributed by atoms with Crippen LogP contribution in [0.2, 0.25) is 0 Å². The van der Waals surface area contributed by atoms with E-state index in [1.54, 1.807) is 0 Å². The van der Waals surface area contributed by atoms with Gasteiger partial charge >= 0.3 is 6.18 Å². The fraction of sp³-hybridized carbons (Fsp3) is 1.00. The third kappa shape index (κ3) is 8.35. The minimum Gasteiger partial charge on any atom is -0.303 e. The summed E-state index contributed by atoms with van der Waals surface area (Å²) in [5, 5.41) is 2.78. The summed E-state index contributed by atoms with van der Waals surface area (Å²) in [5.41, 5.74) is 0. The molecule has 5 heteroatoms. The highest BCUT2D eigenvalue weighted by Gasteiger charge is 2.41. The van der Waals surface area contributed by atoms with Crippen LogP contribution in [0.5, 0.6) is 0 Å². The molecule has 0 saturated carbocycles. The van der Waals surface area contributed by atoms with Crippen LogP contribution in [0.4, 0.5) is 13.2 Å². The zero-order valence-corrected chi connectivity index (χ0v) is 13.3. The van der Waals surface area contributed by atoms with Crippen LogP contribution in [0.15, 0.2) is 0 Å². The lowest BCUT2D eigenvalue weighted by molar-refractivity contribution is -0.163. The van der Waals surface area contributed by atoms with Crippen molar-refractivity contribution in [3.05, 3.63) is 0 Å². The van der Waals surface area contributed by atoms with Gasteiger partial charge in [0.2, 0.25) is 0 Å². The second kappa shape index (κ2) is 10.7. The molecule has 20 heavy (non-hydrogen) atoms. The number of hydrogen-bond acceptors (Lipinski definition) is 1. The van der Waals surface area contributed by atoms with E-state index in [0.717, 1.165) is 19.3 Å². The molecule has 1 nitrogen and oxygen atoms in total. The number of halogens is 4. The second-order valence-corrected chi connectivity index (χ2v) is 5.80. The van der Waals surface area contributed by atoms with Crippen LogP contribution in [0.25, 0.3) is 0 Å². The van der Waals surface area contributed by atoms with Gasteiger partial charge in [-0.3, -0.25) is 0 Å². The van der Waals surface area contributed by atoms with Crippen molar-refractivity contribution in [3.8, 4) is 0 Å². The maximum Gasteiger partial charge on any atom is 0.403 e. The van der Waals surface area contributed by atoms with Gasteiger partial charge in [0.15, 0.2) is 0 Å². The fourth-order valence-corrected chi connectivity index (χ4v) is 2.85. The lowest BCUT2D eigenvalue weighted by Gasteiger charge is -2.32. The highest BCUT2D eigenvalue weighted by Crippen LogP contribution is 2.29. The summed E-state index contributed by atoms with van der Waals surface area (Å²) >= 11 is 0. The van der Waals surface area contributed by atoms with Crippen LogP contribution in [0.1, 0.15) is 77.6 Å². The lowest BCUT2D eigenvalue weighted by atomic mass is 9.94. The van der Waals surface area contributed by atoms with Crippen molar-refractivity contribution in [3.63, 3.8) is 0 Å². The molecule has 1 fully saturated rings. The minimum atomic E-state index is -4.07. The Labute approximate surface area is 127 Å². The number of hydrogen-bond donors (Lipinski definition) is 1. The minimum absolute atomic E-state index is 0. The zero-order valence-electron chi connectivity index (χ0n) is 12.5. The normalized spacial score (nSPS) is 23.4. The van der Waals surface area contributed by atoms with Crippen LogP contribution in [-0.2, 0) is 0 Å². The Morgan fingerprint density at radius 1 is 0.950 bits per heavy atom. The third-order valence-electron chi connectivity index (χ3n) is 4.03. The Bertz CT molecular complexity index is 234. The summed E-state index contributed by atoms with van der Waals surface area (Å²) in [4.78, 5) is 0. The van der Waals surface area contributed by atoms with Crippen LogP contribution < -0.4 is 5.32 Å². The predicted octanol–water partition coefficient (Wildman–Crippen LogP) is 5.62. The monoisotopic (exact) mass is 315 g/mol. The maximum atomic E-state index is 12.6. The van der Waals surface area contributed by atoms with Crippen molar-refractivity contribution in [2.75, 3.05) is 0 Å². The number of alkyl halides is 3. The van der Waals surface area contributed by atoms with Gasteiger partial charge in [-0.1, -0.05) is 58.3 Å². The van der Waals surface area contributed by atoms with Crippen molar-refractivity contribution < 1.29 is 13.2 Å². The SMILES string of the molecule is CCCCCCCCC[C@H]1CCC[C@@H](C(F)(F)F)N1.Cl. The molecule has 2 atom stereocenters. The zero-order chi connectivity index (χ0) is 14.1. The van der Waals surface area contributed by atoms with Crippen molar-refractivity contribution in [2.24, 2.45) is 0 Å². The predicted molar refractivity (Wildman–Crippen MR) is 80.5 cm³/mol. The van der Waals surface area contributed by atoms with E-state index in [4.69, 9.17) is 0 Å². The van der Waals surface area contributed by atoms with Crippen LogP contribution in [0.3, 0.4) is 0 Å². The van der Waals surface area contributed by atoms with E-state index in [1.807, 2.05) is 0 Å². The van der Waals surface area contributed by atoms with E-state index >= 15 is 0 Å². The largest absolute Gasteiger partial charge is 0.403 e. The molecule has 0 bridgehead atoms. The first-order chi connectivity index (χ1) is 9.04. The molecule has 0 aliphatic carbocycles. The van der Waals surface area contributed by atoms with Crippen molar-refractivity contribution in [2.45, 2.75) is 95.8 Å². The Hall–Kier alpha value is 0.0400. The summed E-state index contributed by atoms with van der Waals surface area (Å²) in [6.45, 7) is 2.20. The topological polar surface area (TPSA) is 12.0 Å². The van der Waals surface area contributed by atoms with Gasteiger partial charge in [0.05, 0.1) is 0 Å². The molecule has 0 unspecified atom stereocenters. The summed E-state index contributed by atoms with van der Waals surface area (Å²) in [7, 11) is 0. The van der Waals surface area contributed by atoms with Crippen molar-refractivity contribution in [1.82, 2.24) is 5.32 Å². The first kappa shape index (κ1) is 20.0. The van der Waals surface area contributed by atoms with Gasteiger partial charge in [-0.2, -0.15) is 13.2 Å². The van der Waals surface area contributed by atoms with Crippen molar-refractivity contribution in [1.29, 1.82) is 0 Å². The average Bonchev–Trinajstić information content (AvgIpc) is 2.37. The van der Waals surface area contributed by atoms with Gasteiger partial charge in [-0.25, -0.2) is 0 Å². The molecule has 1 saturated heterocycles. The Morgan fingerprint density at radius 2 is 1.55 bits per heavy atom. The Balaban J connectivity index is 0.00000361. The van der Waals surface area contributed by atoms with Gasteiger partial charge in [-0.05, 0) is 19.3 Å². The van der Waals surface area contributed by atoms with Crippen molar-refractivity contribution >= 4 is 12.4 Å². The first-order valence-corrected chi connectivity index (χ1v) is 7.86. The summed E-state index contributed by atoms with van der Waals surface area (Å²) in [5.74, 6) is 0. The second-order valence-electron chi connectivity index (χ2n) is 5.80. The van der Waals surface area contributed by atoms with Gasteiger partial charge in [0, 0.05) is 6.04 Å². The summed E-state index contributed by atoms with van der Waals surface area (Å²) in [6.07, 6.45) is 7.28. The molecule has 122 valence electrons. The van der Waals surface area contributed by atoms with Gasteiger partial charge in [0.25, 0.3) is 0 Å². The van der Waals surface area contributed by atoms with E-state index in [2.05, 4.69) is 12.2 Å². The molecule has 1 rings (SSSR count). The molecule has 0 amide bonds. The molecule has 0 aromatic rings. The molecular weight excluding hydrogens is 287 g/mol. The lowest BCUT2D eigenvalue weighted by Crippen LogP contribution is -2.50. The van der Waals surface area contributed by atoms with Crippen LogP contribution in [0, 0.1) is 0 Å². The van der Waals surface area contributed by atoms with E-state index in [1.165, 1.54) is 38.5 Å². The number of rotatable bonds is 8. The average molecular weight is 316 g/mol. The van der Waals surface area contributed by atoms with E-state index in [9.17, 15) is 13.2 Å². The summed E-state index contributed by atoms with van der Waals surface area (Å²) < 4.78 is 37.8. The highest BCUT2D eigenvalue weighted by atomic mass is 35.5. The molecule has 1 N–H and O–H groups in total. The highest BCUT2D eigenvalue weighted by molar-refractivity contribution is 5.85. The van der Waals surface area contributed by atoms with Crippen LogP contribution >= 0.6 is 12.4 Å². The molecule has 0 aromatic heterocycles. The number of piperidine rings is 1. The standard InChI is InChI=1S/C15H28F3N.ClH/c1-2-3-4-5-6-7-8-10-13-11-9-12-14(19-13)15(16,17)18;/h13-14,19H,2-12H2,1H3;1H/t13-,14-;/m0./s1. The van der Waals surface area contributed by atoms with E-state index in [0.29, 0.717) is 6.42 Å². The third-order valence-corrected chi connectivity index (χ3v) is 4.03. The summed E-state index contributed by atoms with van der Waals surface area (Å²) in [6, 6.07) is -1.19. The van der Waals surface area contributed by atoms with Gasteiger partial charge < -0.3 is 5.32 Å². The molecule has 0 aromatic carbocycles. The molecule has 1 heterocycles. The van der Waals surface area contributed by atoms with E-state index in [-0.39, 0.29) is 24.9 Å². The first-order valence-electron chi connectivity index (χ1n) is 7.86. The van der Waals surface area contributed by atoms with Gasteiger partial charge in [-0.15, -0.1) is 12.4 Å². The number of unbranched alkanes of at least 4 members (excludes halogenated alkanes) is 6. The molecule has 0 spiro atoms.